The summed E-state index contributed by atoms with van der Waals surface area (Å²) in [6.07, 6.45) is -1.71. The maximum atomic E-state index is 12.4. The number of hydrogen-bond donors (Lipinski definition) is 2. The fourth-order valence-electron chi connectivity index (χ4n) is 2.85. The third-order valence-electron chi connectivity index (χ3n) is 3.93. The quantitative estimate of drug-likeness (QED) is 0.732. The second-order valence-electron chi connectivity index (χ2n) is 5.14. The molecule has 0 spiro atoms. The number of carbonyl (C=O) groups excluding carboxylic acids is 3. The number of nitrogens with zero attached hydrogens (tertiary/aromatic N) is 2. The molecule has 8 heteroatoms. The lowest BCUT2D eigenvalue weighted by atomic mass is 10.0. The number of carboxylic acid groups (broad SMARTS) is 1. The summed E-state index contributed by atoms with van der Waals surface area (Å²) in [7, 11) is 0. The van der Waals surface area contributed by atoms with Gasteiger partial charge in [0, 0.05) is 17.5 Å². The highest BCUT2D eigenvalue weighted by molar-refractivity contribution is 6.13. The van der Waals surface area contributed by atoms with Crippen molar-refractivity contribution < 1.29 is 29.4 Å². The van der Waals surface area contributed by atoms with Crippen molar-refractivity contribution in [3.8, 4) is 5.75 Å². The lowest BCUT2D eigenvalue weighted by Gasteiger charge is -2.33. The molecule has 2 aliphatic rings. The number of carbonyl (C=O) groups is 4. The van der Waals surface area contributed by atoms with E-state index in [0.717, 1.165) is 0 Å². The van der Waals surface area contributed by atoms with E-state index in [1.807, 2.05) is 0 Å². The topological polar surface area (TPSA) is 115 Å². The van der Waals surface area contributed by atoms with Gasteiger partial charge in [0.15, 0.2) is 0 Å². The Balaban J connectivity index is 1.92. The summed E-state index contributed by atoms with van der Waals surface area (Å²) in [5.74, 6) is -2.23. The van der Waals surface area contributed by atoms with Crippen LogP contribution in [0, 0.1) is 0 Å². The zero-order valence-electron chi connectivity index (χ0n) is 11.4. The van der Waals surface area contributed by atoms with Crippen LogP contribution in [-0.2, 0) is 16.1 Å². The van der Waals surface area contributed by atoms with Crippen molar-refractivity contribution in [1.82, 2.24) is 9.80 Å². The van der Waals surface area contributed by atoms with Gasteiger partial charge >= 0.3 is 6.09 Å². The van der Waals surface area contributed by atoms with Gasteiger partial charge in [-0.15, -0.1) is 0 Å². The number of benzene rings is 1. The van der Waals surface area contributed by atoms with Crippen molar-refractivity contribution in [2.45, 2.75) is 25.4 Å². The molecule has 1 saturated heterocycles. The van der Waals surface area contributed by atoms with Crippen LogP contribution < -0.4 is 0 Å². The molecule has 0 saturated carbocycles. The summed E-state index contributed by atoms with van der Waals surface area (Å²) < 4.78 is 0. The summed E-state index contributed by atoms with van der Waals surface area (Å²) in [4.78, 5) is 48.5. The highest BCUT2D eigenvalue weighted by Crippen LogP contribution is 2.33. The van der Waals surface area contributed by atoms with Crippen LogP contribution in [0.15, 0.2) is 18.2 Å². The molecule has 0 aliphatic carbocycles. The number of amides is 4. The number of imide groups is 3. The molecule has 4 amide bonds. The van der Waals surface area contributed by atoms with Gasteiger partial charge in [0.05, 0.1) is 6.54 Å². The van der Waals surface area contributed by atoms with Crippen LogP contribution in [0.1, 0.15) is 28.8 Å². The molecule has 1 fully saturated rings. The minimum Gasteiger partial charge on any atom is -0.508 e. The first-order valence-corrected chi connectivity index (χ1v) is 6.63. The average Bonchev–Trinajstić information content (AvgIpc) is 2.78. The van der Waals surface area contributed by atoms with E-state index in [4.69, 9.17) is 5.11 Å². The number of hydrogen-bond acceptors (Lipinski definition) is 5. The van der Waals surface area contributed by atoms with Crippen LogP contribution in [0.4, 0.5) is 4.79 Å². The fourth-order valence-corrected chi connectivity index (χ4v) is 2.85. The second kappa shape index (κ2) is 4.83. The first kappa shape index (κ1) is 14.1. The molecule has 8 nitrogen and oxygen atoms in total. The largest absolute Gasteiger partial charge is 0.508 e. The minimum atomic E-state index is -1.65. The summed E-state index contributed by atoms with van der Waals surface area (Å²) in [5.41, 5.74) is 0.686. The first-order chi connectivity index (χ1) is 10.4. The number of aromatic hydroxyl groups is 1. The normalized spacial score (nSPS) is 21.3. The lowest BCUT2D eigenvalue weighted by Crippen LogP contribution is -2.56. The SMILES string of the molecule is O=C(O)N1C(=O)CCC(N2Cc3c(O)cccc3C2=O)C1=O. The van der Waals surface area contributed by atoms with E-state index in [9.17, 15) is 24.3 Å². The molecule has 3 rings (SSSR count). The summed E-state index contributed by atoms with van der Waals surface area (Å²) in [5, 5.41) is 18.8. The Morgan fingerprint density at radius 3 is 2.59 bits per heavy atom. The van der Waals surface area contributed by atoms with Gasteiger partial charge in [-0.1, -0.05) is 6.07 Å². The van der Waals surface area contributed by atoms with Crippen molar-refractivity contribution in [3.05, 3.63) is 29.3 Å². The van der Waals surface area contributed by atoms with Crippen molar-refractivity contribution >= 4 is 23.8 Å². The second-order valence-corrected chi connectivity index (χ2v) is 5.14. The van der Waals surface area contributed by atoms with Crippen molar-refractivity contribution in [1.29, 1.82) is 0 Å². The van der Waals surface area contributed by atoms with E-state index in [1.54, 1.807) is 0 Å². The van der Waals surface area contributed by atoms with Gasteiger partial charge < -0.3 is 15.1 Å². The maximum Gasteiger partial charge on any atom is 0.421 e. The predicted molar refractivity (Wildman–Crippen MR) is 70.9 cm³/mol. The predicted octanol–water partition coefficient (Wildman–Crippen LogP) is 0.544. The molecule has 2 N–H and O–H groups in total. The Kier molecular flexibility index (Phi) is 3.09. The third-order valence-corrected chi connectivity index (χ3v) is 3.93. The minimum absolute atomic E-state index is 0.0128. The number of piperidine rings is 1. The molecule has 2 aliphatic heterocycles. The van der Waals surface area contributed by atoms with Gasteiger partial charge in [-0.2, -0.15) is 4.90 Å². The zero-order chi connectivity index (χ0) is 16.0. The van der Waals surface area contributed by atoms with Crippen LogP contribution in [0.3, 0.4) is 0 Å². The fraction of sp³-hybridized carbons (Fsp3) is 0.286. The Hall–Kier alpha value is -2.90. The summed E-state index contributed by atoms with van der Waals surface area (Å²) >= 11 is 0. The molecule has 2 heterocycles. The molecular formula is C14H12N2O6. The number of phenols is 1. The van der Waals surface area contributed by atoms with Gasteiger partial charge in [0.25, 0.3) is 11.8 Å². The van der Waals surface area contributed by atoms with E-state index in [1.165, 1.54) is 23.1 Å². The van der Waals surface area contributed by atoms with E-state index in [0.29, 0.717) is 5.56 Å². The van der Waals surface area contributed by atoms with Crippen LogP contribution in [0.25, 0.3) is 0 Å². The van der Waals surface area contributed by atoms with Gasteiger partial charge in [0.1, 0.15) is 11.8 Å². The van der Waals surface area contributed by atoms with E-state index in [-0.39, 0.29) is 35.6 Å². The van der Waals surface area contributed by atoms with E-state index in [2.05, 4.69) is 0 Å². The summed E-state index contributed by atoms with van der Waals surface area (Å²) in [6.45, 7) is 0.0128. The van der Waals surface area contributed by atoms with E-state index >= 15 is 0 Å². The molecule has 114 valence electrons. The van der Waals surface area contributed by atoms with Gasteiger partial charge in [-0.3, -0.25) is 14.4 Å². The molecule has 0 radical (unpaired) electrons. The Bertz CT molecular complexity index is 713. The van der Waals surface area contributed by atoms with Crippen LogP contribution in [0.5, 0.6) is 5.75 Å². The standard InChI is InChI=1S/C14H12N2O6/c17-10-3-1-2-7-8(10)6-15(12(7)19)9-4-5-11(18)16(13(9)20)14(21)22/h1-3,9,17H,4-6H2,(H,21,22). The Morgan fingerprint density at radius 1 is 1.23 bits per heavy atom. The zero-order valence-corrected chi connectivity index (χ0v) is 11.4. The van der Waals surface area contributed by atoms with Gasteiger partial charge in [-0.25, -0.2) is 4.79 Å². The third kappa shape index (κ3) is 1.92. The lowest BCUT2D eigenvalue weighted by molar-refractivity contribution is -0.149. The average molecular weight is 304 g/mol. The molecule has 22 heavy (non-hydrogen) atoms. The number of fused-ring (bicyclic) bond motifs is 1. The molecule has 0 aromatic heterocycles. The number of rotatable bonds is 1. The van der Waals surface area contributed by atoms with Crippen molar-refractivity contribution in [2.75, 3.05) is 0 Å². The molecule has 1 unspecified atom stereocenters. The molecule has 1 aromatic rings. The monoisotopic (exact) mass is 304 g/mol. The highest BCUT2D eigenvalue weighted by Gasteiger charge is 2.45. The highest BCUT2D eigenvalue weighted by atomic mass is 16.4. The number of likely N-dealkylation sites (tertiary alicyclic amines) is 1. The van der Waals surface area contributed by atoms with Gasteiger partial charge in [-0.05, 0) is 18.6 Å². The first-order valence-electron chi connectivity index (χ1n) is 6.63. The summed E-state index contributed by atoms with van der Waals surface area (Å²) in [6, 6.07) is 3.47. The van der Waals surface area contributed by atoms with Gasteiger partial charge in [0.2, 0.25) is 5.91 Å². The van der Waals surface area contributed by atoms with Crippen LogP contribution in [0.2, 0.25) is 0 Å². The molecule has 1 atom stereocenters. The Labute approximate surface area is 124 Å². The Morgan fingerprint density at radius 2 is 1.95 bits per heavy atom. The number of phenolic OH excluding ortho intramolecular Hbond substituents is 1. The van der Waals surface area contributed by atoms with Crippen LogP contribution >= 0.6 is 0 Å². The smallest absolute Gasteiger partial charge is 0.421 e. The maximum absolute atomic E-state index is 12.4. The van der Waals surface area contributed by atoms with Crippen molar-refractivity contribution in [3.63, 3.8) is 0 Å². The van der Waals surface area contributed by atoms with E-state index < -0.39 is 29.9 Å². The van der Waals surface area contributed by atoms with Crippen molar-refractivity contribution in [2.24, 2.45) is 0 Å². The van der Waals surface area contributed by atoms with Crippen LogP contribution in [-0.4, -0.2) is 49.9 Å². The molecule has 1 aromatic carbocycles. The molecule has 0 bridgehead atoms. The molecular weight excluding hydrogens is 292 g/mol.